The second-order valence-corrected chi connectivity index (χ2v) is 12.8. The highest BCUT2D eigenvalue weighted by molar-refractivity contribution is 6.30. The SMILES string of the molecule is Cc1cc2c(nc1-c1cccc(C(F)(F)F)c1)N[C@H]1CCN2C1.Cc1cc2c(nc1Cl)N[C@H]1CCN2C1.O[B]Oc1cccc(C(F)(F)F)c1. The summed E-state index contributed by atoms with van der Waals surface area (Å²) in [5.74, 6) is 1.67. The van der Waals surface area contributed by atoms with Crippen LogP contribution in [0, 0.1) is 13.8 Å². The van der Waals surface area contributed by atoms with E-state index < -0.39 is 23.5 Å². The van der Waals surface area contributed by atoms with Gasteiger partial charge in [-0.1, -0.05) is 29.8 Å². The first kappa shape index (κ1) is 35.5. The van der Waals surface area contributed by atoms with Crippen LogP contribution in [0.4, 0.5) is 49.4 Å². The number of anilines is 4. The quantitative estimate of drug-likeness (QED) is 0.113. The topological polar surface area (TPSA) is 85.8 Å². The second kappa shape index (κ2) is 14.1. The van der Waals surface area contributed by atoms with Gasteiger partial charge >= 0.3 is 20.0 Å². The van der Waals surface area contributed by atoms with Gasteiger partial charge in [-0.3, -0.25) is 0 Å². The van der Waals surface area contributed by atoms with Crippen LogP contribution in [0.1, 0.15) is 35.1 Å². The predicted molar refractivity (Wildman–Crippen MR) is 182 cm³/mol. The number of benzene rings is 2. The molecular formula is C34H33BClF6N6O2. The molecule has 0 amide bonds. The summed E-state index contributed by atoms with van der Waals surface area (Å²) in [7, 11) is 0.329. The zero-order chi connectivity index (χ0) is 35.8. The van der Waals surface area contributed by atoms with Gasteiger partial charge in [0.1, 0.15) is 10.9 Å². The summed E-state index contributed by atoms with van der Waals surface area (Å²) in [5.41, 5.74) is 3.83. The highest BCUT2D eigenvalue weighted by Crippen LogP contribution is 2.39. The van der Waals surface area contributed by atoms with E-state index in [1.54, 1.807) is 6.07 Å². The number of aryl methyl sites for hydroxylation is 2. The molecule has 3 N–H and O–H groups in total. The molecule has 6 heterocycles. The number of pyridine rings is 2. The van der Waals surface area contributed by atoms with Gasteiger partial charge in [0.2, 0.25) is 0 Å². The molecule has 0 aliphatic carbocycles. The van der Waals surface area contributed by atoms with Gasteiger partial charge in [0.15, 0.2) is 11.6 Å². The van der Waals surface area contributed by atoms with Crippen molar-refractivity contribution in [1.82, 2.24) is 9.97 Å². The number of fused-ring (bicyclic) bond motifs is 8. The van der Waals surface area contributed by atoms with Gasteiger partial charge in [0, 0.05) is 43.8 Å². The number of hydrogen-bond donors (Lipinski definition) is 3. The number of alkyl halides is 6. The average Bonchev–Trinajstić information content (AvgIpc) is 3.66. The third-order valence-electron chi connectivity index (χ3n) is 8.88. The molecule has 4 aliphatic heterocycles. The van der Waals surface area contributed by atoms with Gasteiger partial charge in [-0.05, 0) is 80.3 Å². The summed E-state index contributed by atoms with van der Waals surface area (Å²) in [6.45, 7) is 8.09. The van der Waals surface area contributed by atoms with Crippen LogP contribution in [-0.4, -0.2) is 60.9 Å². The molecule has 2 aromatic heterocycles. The van der Waals surface area contributed by atoms with Crippen molar-refractivity contribution >= 4 is 42.3 Å². The fourth-order valence-corrected chi connectivity index (χ4v) is 6.53. The lowest BCUT2D eigenvalue weighted by Crippen LogP contribution is -2.32. The summed E-state index contributed by atoms with van der Waals surface area (Å²) in [5, 5.41) is 15.6. The Labute approximate surface area is 290 Å². The fraction of sp³-hybridized carbons (Fsp3) is 0.353. The van der Waals surface area contributed by atoms with E-state index in [-0.39, 0.29) is 5.75 Å². The number of hydrogen-bond acceptors (Lipinski definition) is 8. The summed E-state index contributed by atoms with van der Waals surface area (Å²) < 4.78 is 79.4. The Morgan fingerprint density at radius 2 is 1.32 bits per heavy atom. The highest BCUT2D eigenvalue weighted by Gasteiger charge is 2.34. The number of nitrogens with zero attached hydrogens (tertiary/aromatic N) is 4. The normalized spacial score (nSPS) is 18.4. The molecule has 0 saturated carbocycles. The molecule has 2 fully saturated rings. The van der Waals surface area contributed by atoms with Crippen LogP contribution < -0.4 is 25.1 Å². The number of rotatable bonds is 3. The molecule has 4 bridgehead atoms. The van der Waals surface area contributed by atoms with Gasteiger partial charge < -0.3 is 30.1 Å². The summed E-state index contributed by atoms with van der Waals surface area (Å²) >= 11 is 5.99. The van der Waals surface area contributed by atoms with Crippen LogP contribution in [0.2, 0.25) is 5.15 Å². The standard InChI is InChI=1S/C17H16F3N3.C10H12ClN3.C7H5BF3O2/c1-10-7-14-16(21-13-5-6-23(14)9-13)22-15(10)11-3-2-4-12(8-11)17(18,19)20;1-6-4-8-10(13-9(6)11)12-7-2-3-14(8)5-7;9-7(10,11)5-2-1-3-6(4-5)13-8-12/h2-4,7-8,13H,5-6,9H2,1H3,(H,21,22);4,7H,2-3,5H2,1H3,(H,12,13);1-4,12H/t13-;7-;/m00./s1. The van der Waals surface area contributed by atoms with E-state index in [0.29, 0.717) is 36.2 Å². The van der Waals surface area contributed by atoms with Gasteiger partial charge in [-0.15, -0.1) is 0 Å². The van der Waals surface area contributed by atoms with Crippen molar-refractivity contribution in [3.05, 3.63) is 88.1 Å². The van der Waals surface area contributed by atoms with Crippen LogP contribution in [0.15, 0.2) is 60.7 Å². The zero-order valence-electron chi connectivity index (χ0n) is 27.0. The minimum atomic E-state index is -4.39. The highest BCUT2D eigenvalue weighted by atomic mass is 35.5. The smallest absolute Gasteiger partial charge is 0.537 e. The zero-order valence-corrected chi connectivity index (χ0v) is 27.8. The monoisotopic (exact) mass is 717 g/mol. The molecule has 263 valence electrons. The van der Waals surface area contributed by atoms with Crippen LogP contribution in [0.3, 0.4) is 0 Å². The van der Waals surface area contributed by atoms with Crippen molar-refractivity contribution in [3.63, 3.8) is 0 Å². The lowest BCUT2D eigenvalue weighted by atomic mass is 10.0. The van der Waals surface area contributed by atoms with Gasteiger partial charge in [-0.2, -0.15) is 26.3 Å². The number of halogens is 7. The van der Waals surface area contributed by atoms with Crippen molar-refractivity contribution in [2.45, 2.75) is 51.1 Å². The van der Waals surface area contributed by atoms with E-state index in [9.17, 15) is 26.3 Å². The molecular weight excluding hydrogens is 685 g/mol. The van der Waals surface area contributed by atoms with Crippen LogP contribution >= 0.6 is 11.6 Å². The first-order valence-electron chi connectivity index (χ1n) is 15.9. The van der Waals surface area contributed by atoms with Crippen molar-refractivity contribution in [2.24, 2.45) is 0 Å². The fourth-order valence-electron chi connectivity index (χ4n) is 6.39. The van der Waals surface area contributed by atoms with Crippen LogP contribution in [-0.2, 0) is 12.4 Å². The summed E-state index contributed by atoms with van der Waals surface area (Å²) in [6, 6.07) is 14.7. The number of nitrogens with one attached hydrogen (secondary N) is 2. The molecule has 2 aromatic carbocycles. The first-order valence-corrected chi connectivity index (χ1v) is 16.3. The molecule has 4 aliphatic rings. The van der Waals surface area contributed by atoms with Gasteiger partial charge in [0.25, 0.3) is 0 Å². The average molecular weight is 718 g/mol. The molecule has 0 unspecified atom stereocenters. The van der Waals surface area contributed by atoms with Gasteiger partial charge in [0.05, 0.1) is 28.2 Å². The minimum Gasteiger partial charge on any atom is -0.537 e. The molecule has 2 saturated heterocycles. The summed E-state index contributed by atoms with van der Waals surface area (Å²) in [4.78, 5) is 13.7. The lowest BCUT2D eigenvalue weighted by Gasteiger charge is -2.28. The van der Waals surface area contributed by atoms with Crippen molar-refractivity contribution in [3.8, 4) is 17.0 Å². The maximum absolute atomic E-state index is 12.9. The van der Waals surface area contributed by atoms with Crippen molar-refractivity contribution < 1.29 is 36.0 Å². The molecule has 1 radical (unpaired) electrons. The third kappa shape index (κ3) is 7.83. The van der Waals surface area contributed by atoms with Crippen LogP contribution in [0.5, 0.6) is 5.75 Å². The number of aromatic nitrogens is 2. The van der Waals surface area contributed by atoms with E-state index in [4.69, 9.17) is 16.6 Å². The van der Waals surface area contributed by atoms with Crippen molar-refractivity contribution in [2.75, 3.05) is 46.6 Å². The molecule has 8 nitrogen and oxygen atoms in total. The largest absolute Gasteiger partial charge is 0.569 e. The molecule has 50 heavy (non-hydrogen) atoms. The van der Waals surface area contributed by atoms with E-state index in [2.05, 4.69) is 41.1 Å². The minimum absolute atomic E-state index is 0.0580. The third-order valence-corrected chi connectivity index (χ3v) is 9.26. The predicted octanol–water partition coefficient (Wildman–Crippen LogP) is 7.74. The van der Waals surface area contributed by atoms with E-state index in [0.717, 1.165) is 79.2 Å². The Balaban J connectivity index is 0.000000138. The molecule has 0 spiro atoms. The molecule has 4 aromatic rings. The van der Waals surface area contributed by atoms with E-state index in [1.807, 2.05) is 19.9 Å². The lowest BCUT2D eigenvalue weighted by molar-refractivity contribution is -0.138. The van der Waals surface area contributed by atoms with Gasteiger partial charge in [-0.25, -0.2) is 9.97 Å². The molecule has 8 rings (SSSR count). The summed E-state index contributed by atoms with van der Waals surface area (Å²) in [6.07, 6.45) is -6.47. The Morgan fingerprint density at radius 3 is 1.90 bits per heavy atom. The second-order valence-electron chi connectivity index (χ2n) is 12.5. The van der Waals surface area contributed by atoms with E-state index in [1.165, 1.54) is 36.4 Å². The van der Waals surface area contributed by atoms with Crippen molar-refractivity contribution in [1.29, 1.82) is 0 Å². The van der Waals surface area contributed by atoms with E-state index >= 15 is 0 Å². The molecule has 2 atom stereocenters. The maximum atomic E-state index is 12.9. The Morgan fingerprint density at radius 1 is 0.780 bits per heavy atom. The Hall–Kier alpha value is -4.37. The first-order chi connectivity index (χ1) is 23.7. The Bertz CT molecular complexity index is 1860. The van der Waals surface area contributed by atoms with Crippen LogP contribution in [0.25, 0.3) is 11.3 Å². The Kier molecular flexibility index (Phi) is 10.0. The molecule has 16 heteroatoms. The maximum Gasteiger partial charge on any atom is 0.569 e.